The second kappa shape index (κ2) is 11.1. The number of anilines is 1. The zero-order valence-electron chi connectivity index (χ0n) is 13.5. The van der Waals surface area contributed by atoms with Gasteiger partial charge < -0.3 is 10.6 Å². The minimum absolute atomic E-state index is 0.0799. The first-order chi connectivity index (χ1) is 10.3. The highest BCUT2D eigenvalue weighted by Crippen LogP contribution is 2.06. The van der Waals surface area contributed by atoms with E-state index >= 15 is 0 Å². The Hall–Kier alpha value is -1.58. The monoisotopic (exact) mass is 291 g/mol. The maximum atomic E-state index is 12.0. The Bertz CT molecular complexity index is 407. The highest BCUT2D eigenvalue weighted by Gasteiger charge is 2.06. The van der Waals surface area contributed by atoms with Crippen molar-refractivity contribution in [2.45, 2.75) is 58.8 Å². The summed E-state index contributed by atoms with van der Waals surface area (Å²) in [7, 11) is 0. The van der Waals surface area contributed by atoms with Gasteiger partial charge >= 0.3 is 0 Å². The van der Waals surface area contributed by atoms with E-state index in [-0.39, 0.29) is 5.91 Å². The summed E-state index contributed by atoms with van der Waals surface area (Å²) >= 11 is 0. The molecule has 0 aliphatic carbocycles. The standard InChI is InChI=1S/C17H29N3O/c1-3-5-6-7-8-9-14-19-17(21)15-11-10-12-16(20-15)18-13-4-2/h10-12H,3-9,13-14H2,1-2H3,(H,18,20)(H,19,21). The van der Waals surface area contributed by atoms with Crippen LogP contribution in [0.1, 0.15) is 69.3 Å². The number of carbonyl (C=O) groups is 1. The fourth-order valence-corrected chi connectivity index (χ4v) is 2.11. The molecule has 2 N–H and O–H groups in total. The van der Waals surface area contributed by atoms with E-state index in [9.17, 15) is 4.79 Å². The molecular weight excluding hydrogens is 262 g/mol. The Morgan fingerprint density at radius 2 is 1.76 bits per heavy atom. The van der Waals surface area contributed by atoms with E-state index in [1.54, 1.807) is 6.07 Å². The van der Waals surface area contributed by atoms with Crippen LogP contribution in [0, 0.1) is 0 Å². The second-order valence-corrected chi connectivity index (χ2v) is 5.36. The number of aromatic nitrogens is 1. The number of pyridine rings is 1. The highest BCUT2D eigenvalue weighted by molar-refractivity contribution is 5.92. The summed E-state index contributed by atoms with van der Waals surface area (Å²) in [5, 5.41) is 6.14. The van der Waals surface area contributed by atoms with Gasteiger partial charge in [0.15, 0.2) is 0 Å². The van der Waals surface area contributed by atoms with Crippen LogP contribution >= 0.6 is 0 Å². The molecule has 4 heteroatoms. The Morgan fingerprint density at radius 3 is 2.52 bits per heavy atom. The van der Waals surface area contributed by atoms with Crippen LogP contribution in [-0.4, -0.2) is 24.0 Å². The highest BCUT2D eigenvalue weighted by atomic mass is 16.1. The number of carbonyl (C=O) groups excluding carboxylic acids is 1. The molecule has 1 aromatic rings. The Balaban J connectivity index is 2.25. The number of nitrogens with zero attached hydrogens (tertiary/aromatic N) is 1. The number of nitrogens with one attached hydrogen (secondary N) is 2. The molecule has 0 saturated carbocycles. The van der Waals surface area contributed by atoms with Gasteiger partial charge in [-0.25, -0.2) is 4.98 Å². The molecule has 0 aromatic carbocycles. The lowest BCUT2D eigenvalue weighted by Crippen LogP contribution is -2.25. The lowest BCUT2D eigenvalue weighted by Gasteiger charge is -2.07. The second-order valence-electron chi connectivity index (χ2n) is 5.36. The lowest BCUT2D eigenvalue weighted by molar-refractivity contribution is 0.0948. The third-order valence-electron chi connectivity index (χ3n) is 3.35. The van der Waals surface area contributed by atoms with Crippen molar-refractivity contribution >= 4 is 11.7 Å². The zero-order chi connectivity index (χ0) is 15.3. The third-order valence-corrected chi connectivity index (χ3v) is 3.35. The molecule has 1 amide bonds. The minimum Gasteiger partial charge on any atom is -0.370 e. The molecule has 0 saturated heterocycles. The van der Waals surface area contributed by atoms with Crippen LogP contribution in [0.2, 0.25) is 0 Å². The van der Waals surface area contributed by atoms with Gasteiger partial charge in [0.2, 0.25) is 0 Å². The molecular formula is C17H29N3O. The fourth-order valence-electron chi connectivity index (χ4n) is 2.11. The number of hydrogen-bond acceptors (Lipinski definition) is 3. The largest absolute Gasteiger partial charge is 0.370 e. The molecule has 1 aromatic heterocycles. The van der Waals surface area contributed by atoms with Crippen LogP contribution in [0.5, 0.6) is 0 Å². The van der Waals surface area contributed by atoms with Crippen LogP contribution in [0.4, 0.5) is 5.82 Å². The van der Waals surface area contributed by atoms with Crippen LogP contribution in [0.15, 0.2) is 18.2 Å². The van der Waals surface area contributed by atoms with Crippen molar-refractivity contribution in [3.8, 4) is 0 Å². The molecule has 0 radical (unpaired) electrons. The Kier molecular flexibility index (Phi) is 9.25. The van der Waals surface area contributed by atoms with Gasteiger partial charge in [0.1, 0.15) is 11.5 Å². The maximum absolute atomic E-state index is 12.0. The van der Waals surface area contributed by atoms with Crippen LogP contribution < -0.4 is 10.6 Å². The quantitative estimate of drug-likeness (QED) is 0.606. The zero-order valence-corrected chi connectivity index (χ0v) is 13.5. The van der Waals surface area contributed by atoms with E-state index in [0.29, 0.717) is 5.69 Å². The third kappa shape index (κ3) is 7.69. The summed E-state index contributed by atoms with van der Waals surface area (Å²) in [6.07, 6.45) is 8.42. The summed E-state index contributed by atoms with van der Waals surface area (Å²) in [5.74, 6) is 0.688. The van der Waals surface area contributed by atoms with E-state index in [0.717, 1.165) is 31.7 Å². The van der Waals surface area contributed by atoms with E-state index in [1.165, 1.54) is 32.1 Å². The van der Waals surface area contributed by atoms with Gasteiger partial charge in [-0.3, -0.25) is 4.79 Å². The number of unbranched alkanes of at least 4 members (excludes halogenated alkanes) is 5. The molecule has 21 heavy (non-hydrogen) atoms. The van der Waals surface area contributed by atoms with Gasteiger partial charge in [0.05, 0.1) is 0 Å². The first-order valence-corrected chi connectivity index (χ1v) is 8.27. The average molecular weight is 291 g/mol. The van der Waals surface area contributed by atoms with Gasteiger partial charge in [-0.15, -0.1) is 0 Å². The van der Waals surface area contributed by atoms with Gasteiger partial charge in [0.25, 0.3) is 5.91 Å². The summed E-state index contributed by atoms with van der Waals surface area (Å²) in [6, 6.07) is 5.51. The van der Waals surface area contributed by atoms with Gasteiger partial charge in [-0.05, 0) is 25.0 Å². The lowest BCUT2D eigenvalue weighted by atomic mass is 10.1. The SMILES string of the molecule is CCCCCCCCNC(=O)c1cccc(NCCC)n1. The molecule has 0 atom stereocenters. The van der Waals surface area contributed by atoms with E-state index in [1.807, 2.05) is 12.1 Å². The topological polar surface area (TPSA) is 54.0 Å². The van der Waals surface area contributed by atoms with Crippen molar-refractivity contribution in [2.24, 2.45) is 0 Å². The first kappa shape index (κ1) is 17.5. The van der Waals surface area contributed by atoms with Crippen molar-refractivity contribution in [1.82, 2.24) is 10.3 Å². The predicted molar refractivity (Wildman–Crippen MR) is 88.7 cm³/mol. The van der Waals surface area contributed by atoms with E-state index in [4.69, 9.17) is 0 Å². The van der Waals surface area contributed by atoms with Gasteiger partial charge in [-0.2, -0.15) is 0 Å². The van der Waals surface area contributed by atoms with Crippen molar-refractivity contribution in [1.29, 1.82) is 0 Å². The summed E-state index contributed by atoms with van der Waals surface area (Å²) in [6.45, 7) is 5.93. The maximum Gasteiger partial charge on any atom is 0.269 e. The van der Waals surface area contributed by atoms with Crippen LogP contribution in [0.3, 0.4) is 0 Å². The summed E-state index contributed by atoms with van der Waals surface area (Å²) in [4.78, 5) is 16.3. The number of rotatable bonds is 11. The minimum atomic E-state index is -0.0799. The molecule has 0 spiro atoms. The molecule has 118 valence electrons. The Morgan fingerprint density at radius 1 is 1.00 bits per heavy atom. The molecule has 0 unspecified atom stereocenters. The molecule has 4 nitrogen and oxygen atoms in total. The fraction of sp³-hybridized carbons (Fsp3) is 0.647. The molecule has 1 rings (SSSR count). The molecule has 0 bridgehead atoms. The van der Waals surface area contributed by atoms with Gasteiger partial charge in [0, 0.05) is 13.1 Å². The smallest absolute Gasteiger partial charge is 0.269 e. The van der Waals surface area contributed by atoms with Crippen molar-refractivity contribution < 1.29 is 4.79 Å². The van der Waals surface area contributed by atoms with E-state index in [2.05, 4.69) is 29.5 Å². The van der Waals surface area contributed by atoms with Crippen molar-refractivity contribution in [3.05, 3.63) is 23.9 Å². The number of hydrogen-bond donors (Lipinski definition) is 2. The summed E-state index contributed by atoms with van der Waals surface area (Å²) in [5.41, 5.74) is 0.488. The predicted octanol–water partition coefficient (Wildman–Crippen LogP) is 3.99. The van der Waals surface area contributed by atoms with Crippen LogP contribution in [0.25, 0.3) is 0 Å². The normalized spacial score (nSPS) is 10.4. The summed E-state index contributed by atoms with van der Waals surface area (Å²) < 4.78 is 0. The molecule has 0 aliphatic heterocycles. The first-order valence-electron chi connectivity index (χ1n) is 8.27. The van der Waals surface area contributed by atoms with E-state index < -0.39 is 0 Å². The Labute approximate surface area is 128 Å². The van der Waals surface area contributed by atoms with Crippen molar-refractivity contribution in [3.63, 3.8) is 0 Å². The van der Waals surface area contributed by atoms with Crippen LogP contribution in [-0.2, 0) is 0 Å². The van der Waals surface area contributed by atoms with Gasteiger partial charge in [-0.1, -0.05) is 52.0 Å². The molecule has 1 heterocycles. The molecule has 0 aliphatic rings. The molecule has 0 fully saturated rings. The number of amides is 1. The van der Waals surface area contributed by atoms with Crippen molar-refractivity contribution in [2.75, 3.05) is 18.4 Å². The average Bonchev–Trinajstić information content (AvgIpc) is 2.52.